The highest BCUT2D eigenvalue weighted by Crippen LogP contribution is 2.59. The lowest BCUT2D eigenvalue weighted by atomic mass is 9.72. The van der Waals surface area contributed by atoms with Crippen LogP contribution in [0, 0.1) is 0 Å². The molecule has 0 atom stereocenters. The van der Waals surface area contributed by atoms with Crippen LogP contribution in [0.4, 0.5) is 34.1 Å². The molecule has 10 aromatic rings. The van der Waals surface area contributed by atoms with Gasteiger partial charge in [0.05, 0.1) is 39.7 Å². The largest absolute Gasteiger partial charge is 0.453 e. The van der Waals surface area contributed by atoms with Crippen molar-refractivity contribution in [3.63, 3.8) is 0 Å². The van der Waals surface area contributed by atoms with Gasteiger partial charge in [0.1, 0.15) is 0 Å². The quantitative estimate of drug-likeness (QED) is 0.173. The number of hydrogen-bond donors (Lipinski definition) is 0. The molecule has 1 aromatic heterocycles. The first kappa shape index (κ1) is 35.8. The van der Waals surface area contributed by atoms with Crippen LogP contribution >= 0.6 is 0 Å². The summed E-state index contributed by atoms with van der Waals surface area (Å²) in [6.07, 6.45) is 0. The van der Waals surface area contributed by atoms with Crippen LogP contribution < -0.4 is 14.5 Å². The van der Waals surface area contributed by atoms with E-state index >= 15 is 0 Å². The van der Waals surface area contributed by atoms with Crippen molar-refractivity contribution in [2.45, 2.75) is 19.3 Å². The van der Waals surface area contributed by atoms with Gasteiger partial charge in [-0.05, 0) is 58.3 Å². The van der Waals surface area contributed by atoms with Crippen molar-refractivity contribution in [3.05, 3.63) is 211 Å². The van der Waals surface area contributed by atoms with Crippen LogP contribution in [0.15, 0.2) is 200 Å². The van der Waals surface area contributed by atoms with Crippen molar-refractivity contribution in [2.24, 2.45) is 0 Å². The van der Waals surface area contributed by atoms with Crippen molar-refractivity contribution >= 4 is 55.7 Å². The molecule has 0 bridgehead atoms. The predicted molar refractivity (Wildman–Crippen MR) is 253 cm³/mol. The standard InChI is InChI=1S/C56H39N5O/c1-56(2)42-26-13-14-27-44(42)60(51-40-24-11-9-18-36(40)32-34-43(51)56)46-29-17-30-47(61-45-28-15-16-31-48(45)62-49-35-33-37-19-10-12-25-41(37)52(49)61)50(46)55-58-53(38-20-5-3-6-21-38)57-54(59-55)39-22-7-4-8-23-39/h3-35H,1-2H3. The minimum absolute atomic E-state index is 0.292. The number of fused-ring (bicyclic) bond motifs is 8. The third kappa shape index (κ3) is 5.53. The van der Waals surface area contributed by atoms with Crippen LogP contribution in [0.25, 0.3) is 55.7 Å². The van der Waals surface area contributed by atoms with Crippen molar-refractivity contribution in [1.82, 2.24) is 15.0 Å². The minimum atomic E-state index is -0.292. The second-order valence-corrected chi connectivity index (χ2v) is 16.4. The zero-order valence-corrected chi connectivity index (χ0v) is 34.2. The normalized spacial score (nSPS) is 13.5. The molecular formula is C56H39N5O. The second kappa shape index (κ2) is 14.0. The van der Waals surface area contributed by atoms with Crippen molar-refractivity contribution in [2.75, 3.05) is 9.80 Å². The maximum Gasteiger partial charge on any atom is 0.168 e. The molecule has 294 valence electrons. The average molecular weight is 798 g/mol. The van der Waals surface area contributed by atoms with E-state index in [-0.39, 0.29) is 5.41 Å². The van der Waals surface area contributed by atoms with Crippen LogP contribution in [-0.4, -0.2) is 15.0 Å². The average Bonchev–Trinajstić information content (AvgIpc) is 3.33. The van der Waals surface area contributed by atoms with E-state index in [0.717, 1.165) is 73.1 Å². The zero-order chi connectivity index (χ0) is 41.4. The molecule has 0 unspecified atom stereocenters. The predicted octanol–water partition coefficient (Wildman–Crippen LogP) is 14.9. The number of para-hydroxylation sites is 3. The summed E-state index contributed by atoms with van der Waals surface area (Å²) in [5, 5.41) is 4.53. The van der Waals surface area contributed by atoms with Gasteiger partial charge in [0.2, 0.25) is 0 Å². The molecule has 2 aliphatic rings. The highest BCUT2D eigenvalue weighted by Gasteiger charge is 2.40. The van der Waals surface area contributed by atoms with E-state index in [1.54, 1.807) is 0 Å². The van der Waals surface area contributed by atoms with Crippen molar-refractivity contribution in [3.8, 4) is 45.7 Å². The molecule has 62 heavy (non-hydrogen) atoms. The first-order valence-corrected chi connectivity index (χ1v) is 21.0. The Labute approximate surface area is 360 Å². The highest BCUT2D eigenvalue weighted by atomic mass is 16.5. The molecule has 0 fully saturated rings. The van der Waals surface area contributed by atoms with Crippen LogP contribution in [-0.2, 0) is 5.41 Å². The smallest absolute Gasteiger partial charge is 0.168 e. The molecule has 0 aliphatic carbocycles. The van der Waals surface area contributed by atoms with E-state index in [2.05, 4.69) is 175 Å². The number of anilines is 6. The fraction of sp³-hybridized carbons (Fsp3) is 0.0536. The van der Waals surface area contributed by atoms with E-state index in [1.165, 1.54) is 21.9 Å². The lowest BCUT2D eigenvalue weighted by Crippen LogP contribution is -2.31. The molecular weight excluding hydrogens is 759 g/mol. The number of hydrogen-bond acceptors (Lipinski definition) is 6. The van der Waals surface area contributed by atoms with Gasteiger partial charge in [-0.3, -0.25) is 0 Å². The molecule has 0 spiro atoms. The van der Waals surface area contributed by atoms with Gasteiger partial charge in [-0.1, -0.05) is 178 Å². The maximum absolute atomic E-state index is 6.75. The van der Waals surface area contributed by atoms with E-state index in [9.17, 15) is 0 Å². The Bertz CT molecular complexity index is 3320. The first-order valence-electron chi connectivity index (χ1n) is 21.0. The molecule has 0 N–H and O–H groups in total. The van der Waals surface area contributed by atoms with Crippen LogP contribution in [0.2, 0.25) is 0 Å². The van der Waals surface area contributed by atoms with Crippen molar-refractivity contribution in [1.29, 1.82) is 0 Å². The Balaban J connectivity index is 1.25. The topological polar surface area (TPSA) is 54.4 Å². The van der Waals surface area contributed by atoms with Crippen LogP contribution in [0.1, 0.15) is 25.0 Å². The molecule has 0 radical (unpaired) electrons. The summed E-state index contributed by atoms with van der Waals surface area (Å²) in [5.41, 5.74) is 10.8. The molecule has 9 aromatic carbocycles. The number of benzene rings is 9. The van der Waals surface area contributed by atoms with Gasteiger partial charge in [0.25, 0.3) is 0 Å². The number of aromatic nitrogens is 3. The molecule has 6 nitrogen and oxygen atoms in total. The van der Waals surface area contributed by atoms with Gasteiger partial charge >= 0.3 is 0 Å². The van der Waals surface area contributed by atoms with Gasteiger partial charge in [-0.2, -0.15) is 0 Å². The molecule has 6 heteroatoms. The SMILES string of the molecule is CC1(C)c2ccccc2N(c2cccc(N3c4ccccc4Oc4ccc5ccccc5c43)c2-c2nc(-c3ccccc3)nc(-c3ccccc3)n2)c2c1ccc1ccccc21. The Morgan fingerprint density at radius 3 is 1.55 bits per heavy atom. The molecule has 0 amide bonds. The van der Waals surface area contributed by atoms with Gasteiger partial charge in [-0.15, -0.1) is 0 Å². The molecule has 0 saturated carbocycles. The Morgan fingerprint density at radius 2 is 0.871 bits per heavy atom. The number of nitrogens with zero attached hydrogens (tertiary/aromatic N) is 5. The minimum Gasteiger partial charge on any atom is -0.453 e. The summed E-state index contributed by atoms with van der Waals surface area (Å²) in [6.45, 7) is 4.68. The monoisotopic (exact) mass is 797 g/mol. The van der Waals surface area contributed by atoms with Crippen molar-refractivity contribution < 1.29 is 4.74 Å². The van der Waals surface area contributed by atoms with E-state index in [4.69, 9.17) is 19.7 Å². The summed E-state index contributed by atoms with van der Waals surface area (Å²) >= 11 is 0. The number of rotatable bonds is 5. The zero-order valence-electron chi connectivity index (χ0n) is 34.2. The number of ether oxygens (including phenoxy) is 1. The van der Waals surface area contributed by atoms with Gasteiger partial charge in [-0.25, -0.2) is 15.0 Å². The fourth-order valence-corrected chi connectivity index (χ4v) is 9.53. The van der Waals surface area contributed by atoms with Gasteiger partial charge < -0.3 is 14.5 Å². The molecule has 0 saturated heterocycles. The highest BCUT2D eigenvalue weighted by molar-refractivity contribution is 6.10. The summed E-state index contributed by atoms with van der Waals surface area (Å²) in [6, 6.07) is 70.1. The first-order chi connectivity index (χ1) is 30.5. The molecule has 12 rings (SSSR count). The third-order valence-electron chi connectivity index (χ3n) is 12.5. The van der Waals surface area contributed by atoms with E-state index < -0.39 is 0 Å². The Morgan fingerprint density at radius 1 is 0.371 bits per heavy atom. The Kier molecular flexibility index (Phi) is 8.09. The summed E-state index contributed by atoms with van der Waals surface area (Å²) in [4.78, 5) is 20.9. The fourth-order valence-electron chi connectivity index (χ4n) is 9.53. The van der Waals surface area contributed by atoms with Gasteiger partial charge in [0, 0.05) is 27.3 Å². The van der Waals surface area contributed by atoms with E-state index in [1.807, 2.05) is 48.5 Å². The summed E-state index contributed by atoms with van der Waals surface area (Å²) < 4.78 is 6.75. The van der Waals surface area contributed by atoms with Gasteiger partial charge in [0.15, 0.2) is 29.0 Å². The summed E-state index contributed by atoms with van der Waals surface area (Å²) in [5.74, 6) is 3.27. The molecule has 2 aliphatic heterocycles. The van der Waals surface area contributed by atoms with Crippen LogP contribution in [0.3, 0.4) is 0 Å². The summed E-state index contributed by atoms with van der Waals surface area (Å²) in [7, 11) is 0. The third-order valence-corrected chi connectivity index (χ3v) is 12.5. The Hall–Kier alpha value is -8.09. The lowest BCUT2D eigenvalue weighted by Gasteiger charge is -2.43. The second-order valence-electron chi connectivity index (χ2n) is 16.4. The van der Waals surface area contributed by atoms with E-state index in [0.29, 0.717) is 17.5 Å². The molecule has 3 heterocycles. The van der Waals surface area contributed by atoms with Crippen LogP contribution in [0.5, 0.6) is 11.5 Å². The lowest BCUT2D eigenvalue weighted by molar-refractivity contribution is 0.478. The maximum atomic E-state index is 6.75.